The second kappa shape index (κ2) is 7.41. The average molecular weight is 275 g/mol. The van der Waals surface area contributed by atoms with E-state index in [0.29, 0.717) is 25.7 Å². The summed E-state index contributed by atoms with van der Waals surface area (Å²) in [5.74, 6) is 0.175. The second-order valence-corrected chi connectivity index (χ2v) is 5.59. The Kier molecular flexibility index (Phi) is 5.56. The first-order chi connectivity index (χ1) is 9.70. The van der Waals surface area contributed by atoms with Crippen LogP contribution in [-0.4, -0.2) is 48.4 Å². The lowest BCUT2D eigenvalue weighted by Crippen LogP contribution is -2.48. The fourth-order valence-corrected chi connectivity index (χ4v) is 2.77. The molecule has 1 aliphatic rings. The minimum absolute atomic E-state index is 0.175. The van der Waals surface area contributed by atoms with Crippen LogP contribution in [0, 0.1) is 0 Å². The van der Waals surface area contributed by atoms with Crippen molar-refractivity contribution >= 4 is 5.91 Å². The summed E-state index contributed by atoms with van der Waals surface area (Å²) in [5, 5.41) is 0. The first-order valence-electron chi connectivity index (χ1n) is 7.42. The first kappa shape index (κ1) is 15.0. The summed E-state index contributed by atoms with van der Waals surface area (Å²) in [5.41, 5.74) is 6.97. The van der Waals surface area contributed by atoms with Gasteiger partial charge >= 0.3 is 0 Å². The van der Waals surface area contributed by atoms with Crippen molar-refractivity contribution in [2.45, 2.75) is 31.8 Å². The van der Waals surface area contributed by atoms with Crippen molar-refractivity contribution in [1.82, 2.24) is 9.80 Å². The Bertz CT molecular complexity index is 421. The van der Waals surface area contributed by atoms with Gasteiger partial charge in [-0.3, -0.25) is 9.69 Å². The van der Waals surface area contributed by atoms with Gasteiger partial charge in [-0.2, -0.15) is 0 Å². The molecule has 2 rings (SSSR count). The summed E-state index contributed by atoms with van der Waals surface area (Å²) in [7, 11) is 1.87. The molecule has 4 nitrogen and oxygen atoms in total. The van der Waals surface area contributed by atoms with Crippen LogP contribution in [0.25, 0.3) is 0 Å². The van der Waals surface area contributed by atoms with Crippen molar-refractivity contribution in [2.75, 3.05) is 26.7 Å². The van der Waals surface area contributed by atoms with Crippen LogP contribution >= 0.6 is 0 Å². The number of benzene rings is 1. The number of piperidine rings is 1. The molecule has 2 N–H and O–H groups in total. The second-order valence-electron chi connectivity index (χ2n) is 5.59. The molecule has 0 spiro atoms. The molecular formula is C16H25N3O. The number of hydrogen-bond donors (Lipinski definition) is 1. The van der Waals surface area contributed by atoms with Crippen molar-refractivity contribution in [3.05, 3.63) is 35.9 Å². The molecule has 1 saturated heterocycles. The largest absolute Gasteiger partial charge is 0.340 e. The molecule has 1 aromatic rings. The maximum absolute atomic E-state index is 12.3. The fraction of sp³-hybridized carbons (Fsp3) is 0.562. The lowest BCUT2D eigenvalue weighted by atomic mass is 10.0. The summed E-state index contributed by atoms with van der Waals surface area (Å²) >= 11 is 0. The monoisotopic (exact) mass is 275 g/mol. The molecule has 1 atom stereocenters. The number of amides is 1. The third-order valence-corrected chi connectivity index (χ3v) is 4.05. The van der Waals surface area contributed by atoms with E-state index in [2.05, 4.69) is 4.90 Å². The number of carbonyl (C=O) groups is 1. The van der Waals surface area contributed by atoms with Crippen LogP contribution < -0.4 is 5.73 Å². The van der Waals surface area contributed by atoms with Crippen LogP contribution in [0.4, 0.5) is 0 Å². The van der Waals surface area contributed by atoms with Gasteiger partial charge in [0.05, 0.1) is 6.54 Å². The highest BCUT2D eigenvalue weighted by atomic mass is 16.2. The fourth-order valence-electron chi connectivity index (χ4n) is 2.77. The minimum atomic E-state index is 0.175. The van der Waals surface area contributed by atoms with E-state index in [1.807, 2.05) is 37.4 Å². The summed E-state index contributed by atoms with van der Waals surface area (Å²) in [6.07, 6.45) is 3.52. The van der Waals surface area contributed by atoms with Crippen LogP contribution in [0.1, 0.15) is 24.8 Å². The molecule has 0 saturated carbocycles. The number of likely N-dealkylation sites (tertiary alicyclic amines) is 1. The van der Waals surface area contributed by atoms with Gasteiger partial charge in [0.25, 0.3) is 0 Å². The van der Waals surface area contributed by atoms with Gasteiger partial charge in [0, 0.05) is 26.2 Å². The molecule has 1 heterocycles. The van der Waals surface area contributed by atoms with E-state index >= 15 is 0 Å². The highest BCUT2D eigenvalue weighted by Gasteiger charge is 2.24. The normalized spacial score (nSPS) is 19.8. The first-order valence-corrected chi connectivity index (χ1v) is 7.42. The van der Waals surface area contributed by atoms with Gasteiger partial charge in [-0.15, -0.1) is 0 Å². The molecule has 1 fully saturated rings. The smallest absolute Gasteiger partial charge is 0.236 e. The maximum atomic E-state index is 12.3. The molecule has 4 heteroatoms. The van der Waals surface area contributed by atoms with Gasteiger partial charge in [-0.1, -0.05) is 36.8 Å². The molecule has 0 radical (unpaired) electrons. The maximum Gasteiger partial charge on any atom is 0.236 e. The zero-order valence-electron chi connectivity index (χ0n) is 12.3. The number of likely N-dealkylation sites (N-methyl/N-ethyl adjacent to an activating group) is 1. The van der Waals surface area contributed by atoms with Crippen LogP contribution in [0.15, 0.2) is 30.3 Å². The Morgan fingerprint density at radius 1 is 1.35 bits per heavy atom. The summed E-state index contributed by atoms with van der Waals surface area (Å²) in [6.45, 7) is 2.80. The predicted molar refractivity (Wildman–Crippen MR) is 81.2 cm³/mol. The summed E-state index contributed by atoms with van der Waals surface area (Å²) in [6, 6.07) is 10.5. The molecular weight excluding hydrogens is 250 g/mol. The minimum Gasteiger partial charge on any atom is -0.340 e. The number of nitrogens with two attached hydrogens (primary N) is 1. The van der Waals surface area contributed by atoms with Crippen molar-refractivity contribution in [3.8, 4) is 0 Å². The van der Waals surface area contributed by atoms with E-state index < -0.39 is 0 Å². The topological polar surface area (TPSA) is 49.6 Å². The Hall–Kier alpha value is -1.39. The SMILES string of the molecule is CN(Cc1ccccc1)C(=O)CN1CCCCC1CN. The van der Waals surface area contributed by atoms with Crippen LogP contribution in [-0.2, 0) is 11.3 Å². The van der Waals surface area contributed by atoms with E-state index in [9.17, 15) is 4.79 Å². The zero-order chi connectivity index (χ0) is 14.4. The molecule has 0 aliphatic carbocycles. The van der Waals surface area contributed by atoms with Gasteiger partial charge in [0.2, 0.25) is 5.91 Å². The number of rotatable bonds is 5. The van der Waals surface area contributed by atoms with E-state index in [4.69, 9.17) is 5.73 Å². The third kappa shape index (κ3) is 4.05. The Balaban J connectivity index is 1.87. The lowest BCUT2D eigenvalue weighted by molar-refractivity contribution is -0.132. The molecule has 1 unspecified atom stereocenters. The standard InChI is InChI=1S/C16H25N3O/c1-18(12-14-7-3-2-4-8-14)16(20)13-19-10-6-5-9-15(19)11-17/h2-4,7-8,15H,5-6,9-13,17H2,1H3. The van der Waals surface area contributed by atoms with Gasteiger partial charge in [0.15, 0.2) is 0 Å². The highest BCUT2D eigenvalue weighted by Crippen LogP contribution is 2.16. The predicted octanol–water partition coefficient (Wildman–Crippen LogP) is 1.46. The van der Waals surface area contributed by atoms with Crippen LogP contribution in [0.5, 0.6) is 0 Å². The third-order valence-electron chi connectivity index (χ3n) is 4.05. The van der Waals surface area contributed by atoms with Crippen LogP contribution in [0.2, 0.25) is 0 Å². The summed E-state index contributed by atoms with van der Waals surface area (Å²) < 4.78 is 0. The van der Waals surface area contributed by atoms with Crippen molar-refractivity contribution in [3.63, 3.8) is 0 Å². The molecule has 1 amide bonds. The molecule has 0 aromatic heterocycles. The number of nitrogens with zero attached hydrogens (tertiary/aromatic N) is 2. The lowest BCUT2D eigenvalue weighted by Gasteiger charge is -2.35. The van der Waals surface area contributed by atoms with Crippen molar-refractivity contribution < 1.29 is 4.79 Å². The van der Waals surface area contributed by atoms with Crippen molar-refractivity contribution in [1.29, 1.82) is 0 Å². The molecule has 0 bridgehead atoms. The van der Waals surface area contributed by atoms with Crippen LogP contribution in [0.3, 0.4) is 0 Å². The van der Waals surface area contributed by atoms with Gasteiger partial charge < -0.3 is 10.6 Å². The van der Waals surface area contributed by atoms with E-state index in [-0.39, 0.29) is 5.91 Å². The zero-order valence-corrected chi connectivity index (χ0v) is 12.3. The average Bonchev–Trinajstić information content (AvgIpc) is 2.48. The molecule has 1 aliphatic heterocycles. The van der Waals surface area contributed by atoms with Gasteiger partial charge in [-0.25, -0.2) is 0 Å². The molecule has 1 aromatic carbocycles. The van der Waals surface area contributed by atoms with Gasteiger partial charge in [0.1, 0.15) is 0 Å². The highest BCUT2D eigenvalue weighted by molar-refractivity contribution is 5.78. The Labute approximate surface area is 121 Å². The quantitative estimate of drug-likeness (QED) is 0.885. The van der Waals surface area contributed by atoms with Gasteiger partial charge in [-0.05, 0) is 24.9 Å². The van der Waals surface area contributed by atoms with E-state index in [1.54, 1.807) is 4.90 Å². The molecule has 20 heavy (non-hydrogen) atoms. The summed E-state index contributed by atoms with van der Waals surface area (Å²) in [4.78, 5) is 16.4. The Morgan fingerprint density at radius 3 is 2.80 bits per heavy atom. The van der Waals surface area contributed by atoms with E-state index in [0.717, 1.165) is 18.5 Å². The molecule has 110 valence electrons. The van der Waals surface area contributed by atoms with E-state index in [1.165, 1.54) is 12.8 Å². The Morgan fingerprint density at radius 2 is 2.10 bits per heavy atom. The number of carbonyl (C=O) groups excluding carboxylic acids is 1. The number of hydrogen-bond acceptors (Lipinski definition) is 3. The van der Waals surface area contributed by atoms with Crippen molar-refractivity contribution in [2.24, 2.45) is 5.73 Å².